The SMILES string of the molecule is CCC1(C(=O)O)CCN(c2cc(F)cc([N+](=O)[O-])c2)CC1. The third-order valence-electron chi connectivity index (χ3n) is 4.29. The van der Waals surface area contributed by atoms with E-state index in [2.05, 4.69) is 0 Å². The van der Waals surface area contributed by atoms with Gasteiger partial charge < -0.3 is 10.0 Å². The highest BCUT2D eigenvalue weighted by Crippen LogP contribution is 2.37. The third-order valence-corrected chi connectivity index (χ3v) is 4.29. The molecular weight excluding hydrogens is 279 g/mol. The van der Waals surface area contributed by atoms with Crippen LogP contribution in [0.3, 0.4) is 0 Å². The molecule has 1 saturated heterocycles. The molecule has 0 saturated carbocycles. The number of hydrogen-bond donors (Lipinski definition) is 1. The first kappa shape index (κ1) is 15.2. The minimum atomic E-state index is -0.810. The highest BCUT2D eigenvalue weighted by atomic mass is 19.1. The van der Waals surface area contributed by atoms with E-state index < -0.39 is 22.1 Å². The summed E-state index contributed by atoms with van der Waals surface area (Å²) in [5.41, 5.74) is -0.609. The number of hydrogen-bond acceptors (Lipinski definition) is 4. The smallest absolute Gasteiger partial charge is 0.309 e. The van der Waals surface area contributed by atoms with Crippen molar-refractivity contribution in [2.24, 2.45) is 5.41 Å². The largest absolute Gasteiger partial charge is 0.481 e. The molecule has 0 bridgehead atoms. The van der Waals surface area contributed by atoms with Crippen LogP contribution in [-0.2, 0) is 4.79 Å². The molecule has 1 N–H and O–H groups in total. The van der Waals surface area contributed by atoms with E-state index in [-0.39, 0.29) is 5.69 Å². The Morgan fingerprint density at radius 1 is 1.43 bits per heavy atom. The van der Waals surface area contributed by atoms with Crippen LogP contribution < -0.4 is 4.90 Å². The third kappa shape index (κ3) is 2.96. The molecule has 0 aromatic heterocycles. The summed E-state index contributed by atoms with van der Waals surface area (Å²) in [5, 5.41) is 20.1. The van der Waals surface area contributed by atoms with Crippen molar-refractivity contribution in [3.63, 3.8) is 0 Å². The van der Waals surface area contributed by atoms with E-state index in [1.54, 1.807) is 4.90 Å². The number of benzene rings is 1. The van der Waals surface area contributed by atoms with Gasteiger partial charge in [0.2, 0.25) is 0 Å². The Kier molecular flexibility index (Phi) is 4.11. The van der Waals surface area contributed by atoms with E-state index in [0.29, 0.717) is 38.0 Å². The summed E-state index contributed by atoms with van der Waals surface area (Å²) in [5.74, 6) is -1.47. The Morgan fingerprint density at radius 2 is 2.05 bits per heavy atom. The standard InChI is InChI=1S/C14H17FN2O4/c1-2-14(13(18)19)3-5-16(6-4-14)11-7-10(15)8-12(9-11)17(20)21/h7-9H,2-6H2,1H3,(H,18,19). The van der Waals surface area contributed by atoms with Crippen molar-refractivity contribution >= 4 is 17.3 Å². The molecule has 0 radical (unpaired) electrons. The minimum absolute atomic E-state index is 0.296. The zero-order chi connectivity index (χ0) is 15.6. The molecule has 0 unspecified atom stereocenters. The molecule has 2 rings (SSSR count). The van der Waals surface area contributed by atoms with Crippen LogP contribution in [0.4, 0.5) is 15.8 Å². The highest BCUT2D eigenvalue weighted by Gasteiger charge is 2.40. The van der Waals surface area contributed by atoms with Crippen molar-refractivity contribution in [2.45, 2.75) is 26.2 Å². The van der Waals surface area contributed by atoms with Crippen LogP contribution in [-0.4, -0.2) is 29.1 Å². The van der Waals surface area contributed by atoms with E-state index in [0.717, 1.165) is 6.07 Å². The van der Waals surface area contributed by atoms with Gasteiger partial charge in [-0.25, -0.2) is 4.39 Å². The number of carboxylic acid groups (broad SMARTS) is 1. The van der Waals surface area contributed by atoms with Crippen molar-refractivity contribution < 1.29 is 19.2 Å². The average Bonchev–Trinajstić information content (AvgIpc) is 2.46. The monoisotopic (exact) mass is 296 g/mol. The second-order valence-corrected chi connectivity index (χ2v) is 5.35. The van der Waals surface area contributed by atoms with Gasteiger partial charge in [0.1, 0.15) is 5.82 Å². The lowest BCUT2D eigenvalue weighted by molar-refractivity contribution is -0.385. The van der Waals surface area contributed by atoms with Crippen molar-refractivity contribution in [1.82, 2.24) is 0 Å². The molecule has 1 aliphatic heterocycles. The fraction of sp³-hybridized carbons (Fsp3) is 0.500. The quantitative estimate of drug-likeness (QED) is 0.682. The van der Waals surface area contributed by atoms with Crippen molar-refractivity contribution in [1.29, 1.82) is 0 Å². The van der Waals surface area contributed by atoms with E-state index in [9.17, 15) is 24.4 Å². The normalized spacial score (nSPS) is 17.5. The van der Waals surface area contributed by atoms with Crippen LogP contribution in [0.15, 0.2) is 18.2 Å². The number of piperidine rings is 1. The molecule has 1 aromatic carbocycles. The molecule has 0 amide bonds. The van der Waals surface area contributed by atoms with E-state index in [1.807, 2.05) is 6.92 Å². The predicted molar refractivity (Wildman–Crippen MR) is 74.9 cm³/mol. The predicted octanol–water partition coefficient (Wildman–Crippen LogP) is 2.82. The molecular formula is C14H17FN2O4. The summed E-state index contributed by atoms with van der Waals surface area (Å²) >= 11 is 0. The van der Waals surface area contributed by atoms with Crippen LogP contribution in [0.5, 0.6) is 0 Å². The van der Waals surface area contributed by atoms with Crippen molar-refractivity contribution in [2.75, 3.05) is 18.0 Å². The second-order valence-electron chi connectivity index (χ2n) is 5.35. The Hall–Kier alpha value is -2.18. The highest BCUT2D eigenvalue weighted by molar-refractivity contribution is 5.75. The molecule has 0 spiro atoms. The van der Waals surface area contributed by atoms with E-state index in [4.69, 9.17) is 0 Å². The molecule has 21 heavy (non-hydrogen) atoms. The zero-order valence-electron chi connectivity index (χ0n) is 11.7. The maximum atomic E-state index is 13.5. The topological polar surface area (TPSA) is 83.7 Å². The molecule has 1 aliphatic rings. The molecule has 1 aromatic rings. The van der Waals surface area contributed by atoms with Gasteiger partial charge in [-0.1, -0.05) is 6.92 Å². The Bertz CT molecular complexity index is 568. The van der Waals surface area contributed by atoms with Gasteiger partial charge in [-0.2, -0.15) is 0 Å². The van der Waals surface area contributed by atoms with Gasteiger partial charge in [0, 0.05) is 24.8 Å². The number of carbonyl (C=O) groups is 1. The summed E-state index contributed by atoms with van der Waals surface area (Å²) in [6, 6.07) is 3.44. The Labute approximate surface area is 121 Å². The van der Waals surface area contributed by atoms with Gasteiger partial charge in [0.05, 0.1) is 16.4 Å². The molecule has 0 atom stereocenters. The number of aliphatic carboxylic acids is 1. The van der Waals surface area contributed by atoms with E-state index in [1.165, 1.54) is 12.1 Å². The number of nitro benzene ring substituents is 1. The number of carboxylic acids is 1. The number of anilines is 1. The summed E-state index contributed by atoms with van der Waals surface area (Å²) in [7, 11) is 0. The fourth-order valence-corrected chi connectivity index (χ4v) is 2.76. The van der Waals surface area contributed by atoms with Crippen LogP contribution in [0.25, 0.3) is 0 Å². The van der Waals surface area contributed by atoms with Gasteiger partial charge in [0.25, 0.3) is 5.69 Å². The molecule has 1 fully saturated rings. The maximum absolute atomic E-state index is 13.5. The second kappa shape index (κ2) is 5.67. The van der Waals surface area contributed by atoms with E-state index >= 15 is 0 Å². The summed E-state index contributed by atoms with van der Waals surface area (Å²) in [6.07, 6.45) is 1.44. The lowest BCUT2D eigenvalue weighted by Crippen LogP contribution is -2.44. The maximum Gasteiger partial charge on any atom is 0.309 e. The lowest BCUT2D eigenvalue weighted by atomic mass is 9.76. The van der Waals surface area contributed by atoms with Crippen LogP contribution in [0.2, 0.25) is 0 Å². The number of nitrogens with zero attached hydrogens (tertiary/aromatic N) is 2. The number of rotatable bonds is 4. The van der Waals surface area contributed by atoms with Crippen LogP contribution in [0.1, 0.15) is 26.2 Å². The van der Waals surface area contributed by atoms with Crippen LogP contribution >= 0.6 is 0 Å². The summed E-state index contributed by atoms with van der Waals surface area (Å²) in [4.78, 5) is 23.3. The van der Waals surface area contributed by atoms with Crippen molar-refractivity contribution in [3.8, 4) is 0 Å². The Morgan fingerprint density at radius 3 is 2.52 bits per heavy atom. The number of halogens is 1. The molecule has 6 nitrogen and oxygen atoms in total. The lowest BCUT2D eigenvalue weighted by Gasteiger charge is -2.39. The fourth-order valence-electron chi connectivity index (χ4n) is 2.76. The average molecular weight is 296 g/mol. The van der Waals surface area contributed by atoms with Gasteiger partial charge in [0.15, 0.2) is 0 Å². The number of nitro groups is 1. The number of non-ortho nitro benzene ring substituents is 1. The van der Waals surface area contributed by atoms with Gasteiger partial charge in [-0.15, -0.1) is 0 Å². The summed E-state index contributed by atoms with van der Waals surface area (Å²) in [6.45, 7) is 2.73. The first-order chi connectivity index (χ1) is 9.88. The van der Waals surface area contributed by atoms with Crippen molar-refractivity contribution in [3.05, 3.63) is 34.1 Å². The van der Waals surface area contributed by atoms with Gasteiger partial charge in [-0.3, -0.25) is 14.9 Å². The molecule has 7 heteroatoms. The first-order valence-electron chi connectivity index (χ1n) is 6.81. The first-order valence-corrected chi connectivity index (χ1v) is 6.81. The Balaban J connectivity index is 2.19. The molecule has 1 heterocycles. The minimum Gasteiger partial charge on any atom is -0.481 e. The van der Waals surface area contributed by atoms with Gasteiger partial charge >= 0.3 is 5.97 Å². The molecule has 0 aliphatic carbocycles. The summed E-state index contributed by atoms with van der Waals surface area (Å²) < 4.78 is 13.5. The van der Waals surface area contributed by atoms with Crippen LogP contribution in [0, 0.1) is 21.3 Å². The zero-order valence-corrected chi connectivity index (χ0v) is 11.7. The van der Waals surface area contributed by atoms with Gasteiger partial charge in [-0.05, 0) is 25.3 Å². The molecule has 114 valence electrons.